The second-order valence-electron chi connectivity index (χ2n) is 6.95. The fourth-order valence-corrected chi connectivity index (χ4v) is 3.39. The van der Waals surface area contributed by atoms with Crippen molar-refractivity contribution in [2.24, 2.45) is 0 Å². The second kappa shape index (κ2) is 10.0. The number of nitrogens with zero attached hydrogens (tertiary/aromatic N) is 3. The largest absolute Gasteiger partial charge is 0.379 e. The minimum absolute atomic E-state index is 0.00181. The number of amides is 2. The molecule has 27 heavy (non-hydrogen) atoms. The molecule has 2 amide bonds. The Hall–Kier alpha value is -1.67. The average Bonchev–Trinajstić information content (AvgIpc) is 2.69. The second-order valence-corrected chi connectivity index (χ2v) is 7.39. The van der Waals surface area contributed by atoms with E-state index < -0.39 is 0 Å². The highest BCUT2D eigenvalue weighted by atomic mass is 35.5. The predicted molar refractivity (Wildman–Crippen MR) is 104 cm³/mol. The van der Waals surface area contributed by atoms with Crippen LogP contribution in [0, 0.1) is 0 Å². The first-order valence-corrected chi connectivity index (χ1v) is 9.79. The van der Waals surface area contributed by atoms with Gasteiger partial charge in [0.1, 0.15) is 0 Å². The number of ether oxygens (including phenoxy) is 1. The average molecular weight is 395 g/mol. The number of rotatable bonds is 6. The lowest BCUT2D eigenvalue weighted by molar-refractivity contribution is -0.135. The van der Waals surface area contributed by atoms with E-state index in [1.807, 2.05) is 29.2 Å². The van der Waals surface area contributed by atoms with Crippen LogP contribution in [0.4, 0.5) is 0 Å². The lowest BCUT2D eigenvalue weighted by Crippen LogP contribution is -2.53. The van der Waals surface area contributed by atoms with Gasteiger partial charge in [-0.05, 0) is 17.7 Å². The Morgan fingerprint density at radius 3 is 2.22 bits per heavy atom. The molecule has 7 nitrogen and oxygen atoms in total. The molecule has 1 N–H and O–H groups in total. The minimum atomic E-state index is -0.00181. The highest BCUT2D eigenvalue weighted by Gasteiger charge is 2.24. The van der Waals surface area contributed by atoms with Crippen molar-refractivity contribution in [3.8, 4) is 0 Å². The number of carbonyl (C=O) groups excluding carboxylic acids is 2. The summed E-state index contributed by atoms with van der Waals surface area (Å²) in [6.07, 6.45) is 0. The van der Waals surface area contributed by atoms with Crippen molar-refractivity contribution >= 4 is 23.4 Å². The van der Waals surface area contributed by atoms with E-state index in [1.165, 1.54) is 0 Å². The lowest BCUT2D eigenvalue weighted by atomic mass is 10.2. The summed E-state index contributed by atoms with van der Waals surface area (Å²) in [5.41, 5.74) is 1.02. The molecule has 0 aliphatic carbocycles. The number of nitrogens with one attached hydrogen (secondary N) is 1. The summed E-state index contributed by atoms with van der Waals surface area (Å²) in [5.74, 6) is 0.168. The van der Waals surface area contributed by atoms with Gasteiger partial charge in [-0.3, -0.25) is 19.4 Å². The molecule has 2 fully saturated rings. The maximum absolute atomic E-state index is 12.4. The summed E-state index contributed by atoms with van der Waals surface area (Å²) in [6, 6.07) is 7.44. The van der Waals surface area contributed by atoms with E-state index in [9.17, 15) is 9.59 Å². The molecule has 148 valence electrons. The van der Waals surface area contributed by atoms with E-state index in [-0.39, 0.29) is 11.8 Å². The van der Waals surface area contributed by atoms with Gasteiger partial charge in [0.15, 0.2) is 0 Å². The van der Waals surface area contributed by atoms with Crippen molar-refractivity contribution in [2.75, 3.05) is 65.6 Å². The smallest absolute Gasteiger partial charge is 0.236 e. The van der Waals surface area contributed by atoms with Crippen molar-refractivity contribution in [2.45, 2.75) is 6.54 Å². The summed E-state index contributed by atoms with van der Waals surface area (Å²) in [5, 5.41) is 3.62. The lowest BCUT2D eigenvalue weighted by Gasteiger charge is -2.36. The molecule has 2 saturated heterocycles. The number of hydrogen-bond donors (Lipinski definition) is 1. The molecule has 1 aromatic carbocycles. The summed E-state index contributed by atoms with van der Waals surface area (Å²) in [7, 11) is 0. The standard InChI is InChI=1S/C19H27ClN4O3/c20-17-3-1-16(2-4-17)13-21-18(25)14-22-5-7-24(8-6-22)19(26)15-23-9-11-27-12-10-23/h1-4H,5-15H2,(H,21,25). The molecule has 0 unspecified atom stereocenters. The number of carbonyl (C=O) groups is 2. The molecule has 1 aromatic rings. The molecule has 3 rings (SSSR count). The Morgan fingerprint density at radius 1 is 0.926 bits per heavy atom. The van der Waals surface area contributed by atoms with Gasteiger partial charge in [-0.15, -0.1) is 0 Å². The van der Waals surface area contributed by atoms with Gasteiger partial charge in [-0.25, -0.2) is 0 Å². The van der Waals surface area contributed by atoms with Crippen LogP contribution in [0.25, 0.3) is 0 Å². The van der Waals surface area contributed by atoms with Crippen molar-refractivity contribution < 1.29 is 14.3 Å². The van der Waals surface area contributed by atoms with Crippen molar-refractivity contribution in [3.05, 3.63) is 34.9 Å². The zero-order valence-corrected chi connectivity index (χ0v) is 16.3. The van der Waals surface area contributed by atoms with E-state index in [1.54, 1.807) is 0 Å². The summed E-state index contributed by atoms with van der Waals surface area (Å²) >= 11 is 5.86. The highest BCUT2D eigenvalue weighted by Crippen LogP contribution is 2.09. The number of piperazine rings is 1. The third kappa shape index (κ3) is 6.46. The minimum Gasteiger partial charge on any atom is -0.379 e. The van der Waals surface area contributed by atoms with Gasteiger partial charge < -0.3 is 15.0 Å². The molecule has 2 aliphatic rings. The van der Waals surface area contributed by atoms with E-state index in [0.29, 0.717) is 51.0 Å². The van der Waals surface area contributed by atoms with Crippen LogP contribution >= 0.6 is 11.6 Å². The van der Waals surface area contributed by atoms with Gasteiger partial charge in [-0.1, -0.05) is 23.7 Å². The monoisotopic (exact) mass is 394 g/mol. The Bertz CT molecular complexity index is 626. The number of halogens is 1. The van der Waals surface area contributed by atoms with Crippen molar-refractivity contribution in [1.29, 1.82) is 0 Å². The van der Waals surface area contributed by atoms with E-state index in [0.717, 1.165) is 31.7 Å². The van der Waals surface area contributed by atoms with Crippen LogP contribution in [0.2, 0.25) is 5.02 Å². The van der Waals surface area contributed by atoms with Gasteiger partial charge in [-0.2, -0.15) is 0 Å². The normalized spacial score (nSPS) is 19.1. The summed E-state index contributed by atoms with van der Waals surface area (Å²) in [6.45, 7) is 7.16. The highest BCUT2D eigenvalue weighted by molar-refractivity contribution is 6.30. The Kier molecular flexibility index (Phi) is 7.46. The first-order chi connectivity index (χ1) is 13.1. The van der Waals surface area contributed by atoms with Crippen LogP contribution in [0.15, 0.2) is 24.3 Å². The number of hydrogen-bond acceptors (Lipinski definition) is 5. The van der Waals surface area contributed by atoms with Crippen molar-refractivity contribution in [3.63, 3.8) is 0 Å². The quantitative estimate of drug-likeness (QED) is 0.758. The molecule has 0 atom stereocenters. The zero-order chi connectivity index (χ0) is 19.1. The molecule has 0 aromatic heterocycles. The predicted octanol–water partition coefficient (Wildman–Crippen LogP) is 0.433. The molecule has 0 spiro atoms. The van der Waals surface area contributed by atoms with Gasteiger partial charge in [0.05, 0.1) is 26.3 Å². The third-order valence-corrected chi connectivity index (χ3v) is 5.21. The van der Waals surface area contributed by atoms with Gasteiger partial charge >= 0.3 is 0 Å². The van der Waals surface area contributed by atoms with Gasteiger partial charge in [0.25, 0.3) is 0 Å². The van der Waals surface area contributed by atoms with Crippen LogP contribution in [0.5, 0.6) is 0 Å². The zero-order valence-electron chi connectivity index (χ0n) is 15.5. The first-order valence-electron chi connectivity index (χ1n) is 9.41. The summed E-state index contributed by atoms with van der Waals surface area (Å²) in [4.78, 5) is 30.7. The SMILES string of the molecule is O=C(CN1CCN(C(=O)CN2CCOCC2)CC1)NCc1ccc(Cl)cc1. The fraction of sp³-hybridized carbons (Fsp3) is 0.579. The third-order valence-electron chi connectivity index (χ3n) is 4.96. The molecule has 0 bridgehead atoms. The Labute approximate surface area is 165 Å². The van der Waals surface area contributed by atoms with Crippen LogP contribution in [0.1, 0.15) is 5.56 Å². The molecule has 2 aliphatic heterocycles. The maximum Gasteiger partial charge on any atom is 0.236 e. The number of morpholine rings is 1. The Balaban J connectivity index is 1.34. The van der Waals surface area contributed by atoms with Crippen LogP contribution in [0.3, 0.4) is 0 Å². The van der Waals surface area contributed by atoms with Crippen LogP contribution in [-0.2, 0) is 20.9 Å². The molecule has 8 heteroatoms. The van der Waals surface area contributed by atoms with E-state index >= 15 is 0 Å². The molecular formula is C19H27ClN4O3. The van der Waals surface area contributed by atoms with Gasteiger partial charge in [0.2, 0.25) is 11.8 Å². The molecule has 0 radical (unpaired) electrons. The first kappa shape index (κ1) is 20.1. The Morgan fingerprint density at radius 2 is 1.56 bits per heavy atom. The summed E-state index contributed by atoms with van der Waals surface area (Å²) < 4.78 is 5.31. The maximum atomic E-state index is 12.4. The topological polar surface area (TPSA) is 65.1 Å². The molecular weight excluding hydrogens is 368 g/mol. The number of benzene rings is 1. The van der Waals surface area contributed by atoms with Crippen molar-refractivity contribution in [1.82, 2.24) is 20.0 Å². The van der Waals surface area contributed by atoms with E-state index in [4.69, 9.17) is 16.3 Å². The van der Waals surface area contributed by atoms with Crippen LogP contribution < -0.4 is 5.32 Å². The molecule has 0 saturated carbocycles. The van der Waals surface area contributed by atoms with E-state index in [2.05, 4.69) is 15.1 Å². The van der Waals surface area contributed by atoms with Gasteiger partial charge in [0, 0.05) is 50.8 Å². The fourth-order valence-electron chi connectivity index (χ4n) is 3.27. The molecule has 2 heterocycles. The van der Waals surface area contributed by atoms with Crippen LogP contribution in [-0.4, -0.2) is 92.1 Å².